The number of hydrogen-bond acceptors (Lipinski definition) is 1. The Morgan fingerprint density at radius 2 is 1.76 bits per heavy atom. The molecule has 0 aliphatic heterocycles. The van der Waals surface area contributed by atoms with Crippen LogP contribution in [0.4, 0.5) is 10.1 Å². The normalized spacial score (nSPS) is 12.2. The van der Waals surface area contributed by atoms with Crippen LogP contribution in [-0.2, 0) is 6.42 Å². The maximum Gasteiger partial charge on any atom is 0.142 e. The van der Waals surface area contributed by atoms with Gasteiger partial charge in [-0.25, -0.2) is 4.39 Å². The van der Waals surface area contributed by atoms with E-state index in [1.165, 1.54) is 17.7 Å². The van der Waals surface area contributed by atoms with E-state index in [9.17, 15) is 4.39 Å². The van der Waals surface area contributed by atoms with Gasteiger partial charge >= 0.3 is 0 Å². The molecule has 2 aromatic rings. The second-order valence-corrected chi connectivity index (χ2v) is 5.85. The molecule has 21 heavy (non-hydrogen) atoms. The zero-order chi connectivity index (χ0) is 15.4. The van der Waals surface area contributed by atoms with Crippen LogP contribution < -0.4 is 5.32 Å². The summed E-state index contributed by atoms with van der Waals surface area (Å²) < 4.78 is 13.6. The minimum atomic E-state index is -0.456. The third-order valence-electron chi connectivity index (χ3n) is 3.39. The second-order valence-electron chi connectivity index (χ2n) is 5.07. The van der Waals surface area contributed by atoms with Crippen LogP contribution in [0.5, 0.6) is 0 Å². The number of hydrogen-bond donors (Lipinski definition) is 1. The van der Waals surface area contributed by atoms with E-state index in [4.69, 9.17) is 23.2 Å². The van der Waals surface area contributed by atoms with E-state index in [2.05, 4.69) is 24.4 Å². The summed E-state index contributed by atoms with van der Waals surface area (Å²) in [4.78, 5) is 0. The largest absolute Gasteiger partial charge is 0.378 e. The van der Waals surface area contributed by atoms with Gasteiger partial charge in [0.2, 0.25) is 0 Å². The Morgan fingerprint density at radius 3 is 2.38 bits per heavy atom. The Labute approximate surface area is 135 Å². The summed E-state index contributed by atoms with van der Waals surface area (Å²) in [6.45, 7) is 4.06. The minimum Gasteiger partial charge on any atom is -0.378 e. The molecular formula is C17H18Cl2FN. The molecule has 0 heterocycles. The molecule has 2 rings (SSSR count). The summed E-state index contributed by atoms with van der Waals surface area (Å²) in [5.41, 5.74) is 2.84. The molecule has 0 bridgehead atoms. The zero-order valence-electron chi connectivity index (χ0n) is 12.1. The standard InChI is InChI=1S/C17H18Cl2FN/c1-3-4-12-5-7-13(8-6-12)21-11(2)16-14(18)9-10-15(20)17(16)19/h5-11,21H,3-4H2,1-2H3. The number of aryl methyl sites for hydroxylation is 1. The molecule has 0 saturated carbocycles. The van der Waals surface area contributed by atoms with Gasteiger partial charge in [0.1, 0.15) is 5.82 Å². The van der Waals surface area contributed by atoms with E-state index >= 15 is 0 Å². The van der Waals surface area contributed by atoms with Gasteiger partial charge in [0.25, 0.3) is 0 Å². The SMILES string of the molecule is CCCc1ccc(NC(C)c2c(Cl)ccc(F)c2Cl)cc1. The molecule has 2 aromatic carbocycles. The fraction of sp³-hybridized carbons (Fsp3) is 0.294. The summed E-state index contributed by atoms with van der Waals surface area (Å²) in [6.07, 6.45) is 2.19. The third-order valence-corrected chi connectivity index (χ3v) is 4.10. The Morgan fingerprint density at radius 1 is 1.10 bits per heavy atom. The number of rotatable bonds is 5. The van der Waals surface area contributed by atoms with Crippen LogP contribution >= 0.6 is 23.2 Å². The Kier molecular flexibility index (Phi) is 5.49. The Hall–Kier alpha value is -1.25. The lowest BCUT2D eigenvalue weighted by atomic mass is 10.1. The van der Waals surface area contributed by atoms with Gasteiger partial charge in [-0.1, -0.05) is 48.7 Å². The summed E-state index contributed by atoms with van der Waals surface area (Å²) in [6, 6.07) is 10.8. The highest BCUT2D eigenvalue weighted by Crippen LogP contribution is 2.34. The highest BCUT2D eigenvalue weighted by molar-refractivity contribution is 6.36. The Bertz CT molecular complexity index is 611. The quantitative estimate of drug-likeness (QED) is 0.640. The van der Waals surface area contributed by atoms with Crippen molar-refractivity contribution in [2.75, 3.05) is 5.32 Å². The van der Waals surface area contributed by atoms with Crippen molar-refractivity contribution in [3.63, 3.8) is 0 Å². The Balaban J connectivity index is 2.18. The van der Waals surface area contributed by atoms with Crippen molar-refractivity contribution in [2.24, 2.45) is 0 Å². The van der Waals surface area contributed by atoms with Crippen molar-refractivity contribution in [3.05, 3.63) is 63.4 Å². The van der Waals surface area contributed by atoms with E-state index in [1.807, 2.05) is 19.1 Å². The van der Waals surface area contributed by atoms with E-state index in [0.717, 1.165) is 18.5 Å². The molecule has 1 N–H and O–H groups in total. The number of benzene rings is 2. The first kappa shape index (κ1) is 16.1. The third kappa shape index (κ3) is 3.90. The van der Waals surface area contributed by atoms with Gasteiger partial charge < -0.3 is 5.32 Å². The molecule has 1 atom stereocenters. The smallest absolute Gasteiger partial charge is 0.142 e. The van der Waals surface area contributed by atoms with Crippen molar-refractivity contribution in [1.82, 2.24) is 0 Å². The van der Waals surface area contributed by atoms with Crippen LogP contribution in [0.1, 0.15) is 37.4 Å². The summed E-state index contributed by atoms with van der Waals surface area (Å²) in [5.74, 6) is -0.456. The average molecular weight is 326 g/mol. The van der Waals surface area contributed by atoms with E-state index in [0.29, 0.717) is 10.6 Å². The van der Waals surface area contributed by atoms with E-state index in [1.54, 1.807) is 0 Å². The maximum atomic E-state index is 13.6. The molecule has 0 aromatic heterocycles. The monoisotopic (exact) mass is 325 g/mol. The van der Waals surface area contributed by atoms with Crippen molar-refractivity contribution in [3.8, 4) is 0 Å². The molecule has 0 saturated heterocycles. The zero-order valence-corrected chi connectivity index (χ0v) is 13.6. The first-order valence-electron chi connectivity index (χ1n) is 7.01. The van der Waals surface area contributed by atoms with Crippen LogP contribution in [0, 0.1) is 5.82 Å². The van der Waals surface area contributed by atoms with E-state index in [-0.39, 0.29) is 11.1 Å². The molecule has 0 spiro atoms. The molecule has 1 nitrogen and oxygen atoms in total. The molecule has 0 radical (unpaired) electrons. The molecule has 0 fully saturated rings. The molecule has 0 aliphatic rings. The van der Waals surface area contributed by atoms with Crippen LogP contribution in [0.2, 0.25) is 10.0 Å². The minimum absolute atomic E-state index is 0.0742. The van der Waals surface area contributed by atoms with Gasteiger partial charge in [0.05, 0.1) is 11.1 Å². The fourth-order valence-corrected chi connectivity index (χ4v) is 3.02. The van der Waals surface area contributed by atoms with Crippen LogP contribution in [0.15, 0.2) is 36.4 Å². The van der Waals surface area contributed by atoms with Gasteiger partial charge in [-0.05, 0) is 43.2 Å². The first-order valence-corrected chi connectivity index (χ1v) is 7.77. The molecule has 0 aliphatic carbocycles. The molecule has 1 unspecified atom stereocenters. The predicted molar refractivity (Wildman–Crippen MR) is 88.9 cm³/mol. The molecule has 0 amide bonds. The second kappa shape index (κ2) is 7.15. The molecular weight excluding hydrogens is 308 g/mol. The fourth-order valence-electron chi connectivity index (χ4n) is 2.32. The summed E-state index contributed by atoms with van der Waals surface area (Å²) in [5, 5.41) is 3.84. The predicted octanol–water partition coefficient (Wildman–Crippen LogP) is 6.26. The van der Waals surface area contributed by atoms with Gasteiger partial charge in [-0.3, -0.25) is 0 Å². The lowest BCUT2D eigenvalue weighted by Crippen LogP contribution is -2.08. The van der Waals surface area contributed by atoms with Gasteiger partial charge in [0, 0.05) is 16.3 Å². The summed E-state index contributed by atoms with van der Waals surface area (Å²) >= 11 is 12.2. The average Bonchev–Trinajstić information content (AvgIpc) is 2.46. The van der Waals surface area contributed by atoms with Gasteiger partial charge in [-0.15, -0.1) is 0 Å². The van der Waals surface area contributed by atoms with Crippen LogP contribution in [-0.4, -0.2) is 0 Å². The van der Waals surface area contributed by atoms with Crippen molar-refractivity contribution in [2.45, 2.75) is 32.7 Å². The van der Waals surface area contributed by atoms with Crippen molar-refractivity contribution < 1.29 is 4.39 Å². The maximum absolute atomic E-state index is 13.6. The lowest BCUT2D eigenvalue weighted by molar-refractivity contribution is 0.624. The number of nitrogens with one attached hydrogen (secondary N) is 1. The highest BCUT2D eigenvalue weighted by atomic mass is 35.5. The number of anilines is 1. The van der Waals surface area contributed by atoms with Crippen molar-refractivity contribution in [1.29, 1.82) is 0 Å². The van der Waals surface area contributed by atoms with Gasteiger partial charge in [0.15, 0.2) is 0 Å². The lowest BCUT2D eigenvalue weighted by Gasteiger charge is -2.19. The van der Waals surface area contributed by atoms with Gasteiger partial charge in [-0.2, -0.15) is 0 Å². The van der Waals surface area contributed by atoms with Crippen LogP contribution in [0.3, 0.4) is 0 Å². The first-order chi connectivity index (χ1) is 10.0. The highest BCUT2D eigenvalue weighted by Gasteiger charge is 2.16. The van der Waals surface area contributed by atoms with Crippen molar-refractivity contribution >= 4 is 28.9 Å². The summed E-state index contributed by atoms with van der Waals surface area (Å²) in [7, 11) is 0. The van der Waals surface area contributed by atoms with E-state index < -0.39 is 5.82 Å². The molecule has 4 heteroatoms. The number of halogens is 3. The molecule has 112 valence electrons. The van der Waals surface area contributed by atoms with Crippen LogP contribution in [0.25, 0.3) is 0 Å². The topological polar surface area (TPSA) is 12.0 Å².